The van der Waals surface area contributed by atoms with E-state index >= 15 is 0 Å². The first kappa shape index (κ1) is 9.01. The van der Waals surface area contributed by atoms with Gasteiger partial charge in [-0.2, -0.15) is 0 Å². The predicted octanol–water partition coefficient (Wildman–Crippen LogP) is 1.21. The van der Waals surface area contributed by atoms with Crippen molar-refractivity contribution in [1.29, 1.82) is 0 Å². The number of likely N-dealkylation sites (tertiary alicyclic amines) is 1. The lowest BCUT2D eigenvalue weighted by atomic mass is 10.1. The molecule has 2 nitrogen and oxygen atoms in total. The molecule has 2 N–H and O–H groups in total. The van der Waals surface area contributed by atoms with Crippen LogP contribution in [0, 0.1) is 0 Å². The Balaban J connectivity index is 2.12. The van der Waals surface area contributed by atoms with E-state index in [-0.39, 0.29) is 0 Å². The fourth-order valence-corrected chi connectivity index (χ4v) is 1.78. The number of nitrogens with two attached hydrogens (primary N) is 1. The van der Waals surface area contributed by atoms with Crippen molar-refractivity contribution in [3.8, 4) is 0 Å². The average molecular weight is 156 g/mol. The molecule has 11 heavy (non-hydrogen) atoms. The summed E-state index contributed by atoms with van der Waals surface area (Å²) < 4.78 is 0. The maximum atomic E-state index is 5.46. The van der Waals surface area contributed by atoms with Gasteiger partial charge < -0.3 is 10.6 Å². The Morgan fingerprint density at radius 1 is 1.36 bits per heavy atom. The van der Waals surface area contributed by atoms with Crippen LogP contribution in [0.4, 0.5) is 0 Å². The second-order valence-corrected chi connectivity index (χ2v) is 3.52. The molecule has 1 aliphatic heterocycles. The lowest BCUT2D eigenvalue weighted by Gasteiger charge is -2.23. The maximum absolute atomic E-state index is 5.46. The molecule has 0 spiro atoms. The minimum absolute atomic E-state index is 0.765. The minimum Gasteiger partial charge on any atom is -0.330 e. The normalized spacial score (nSPS) is 22.4. The van der Waals surface area contributed by atoms with E-state index in [0.717, 1.165) is 12.6 Å². The van der Waals surface area contributed by atoms with Gasteiger partial charge in [0.25, 0.3) is 0 Å². The van der Waals surface area contributed by atoms with Crippen LogP contribution in [0.25, 0.3) is 0 Å². The summed E-state index contributed by atoms with van der Waals surface area (Å²) >= 11 is 0. The summed E-state index contributed by atoms with van der Waals surface area (Å²) in [5.41, 5.74) is 5.46. The van der Waals surface area contributed by atoms with Crippen molar-refractivity contribution in [2.45, 2.75) is 38.6 Å². The van der Waals surface area contributed by atoms with Crippen LogP contribution in [0.15, 0.2) is 0 Å². The largest absolute Gasteiger partial charge is 0.330 e. The summed E-state index contributed by atoms with van der Waals surface area (Å²) in [6.07, 6.45) is 5.24. The van der Waals surface area contributed by atoms with Gasteiger partial charge in [-0.05, 0) is 52.2 Å². The molecule has 1 atom stereocenters. The predicted molar refractivity (Wildman–Crippen MR) is 48.6 cm³/mol. The molecular weight excluding hydrogens is 136 g/mol. The highest BCUT2D eigenvalue weighted by Gasteiger charge is 2.16. The van der Waals surface area contributed by atoms with Crippen LogP contribution < -0.4 is 5.73 Å². The Bertz CT molecular complexity index is 97.7. The van der Waals surface area contributed by atoms with Gasteiger partial charge in [0.1, 0.15) is 0 Å². The molecule has 1 rings (SSSR count). The SMILES string of the molecule is C[C@H](CCCN)N1CCCC1. The summed E-state index contributed by atoms with van der Waals surface area (Å²) in [6.45, 7) is 5.79. The highest BCUT2D eigenvalue weighted by atomic mass is 15.2. The van der Waals surface area contributed by atoms with Gasteiger partial charge in [-0.15, -0.1) is 0 Å². The number of nitrogens with zero attached hydrogens (tertiary/aromatic N) is 1. The molecule has 0 amide bonds. The standard InChI is InChI=1S/C9H20N2/c1-9(5-4-6-10)11-7-2-3-8-11/h9H,2-8,10H2,1H3/t9-/m1/s1. The second kappa shape index (κ2) is 4.73. The molecule has 0 aromatic heterocycles. The average Bonchev–Trinajstić information content (AvgIpc) is 2.52. The third-order valence-electron chi connectivity index (χ3n) is 2.59. The van der Waals surface area contributed by atoms with E-state index in [1.54, 1.807) is 0 Å². The smallest absolute Gasteiger partial charge is 0.00673 e. The van der Waals surface area contributed by atoms with Crippen molar-refractivity contribution in [1.82, 2.24) is 4.90 Å². The summed E-state index contributed by atoms with van der Waals surface area (Å²) in [5, 5.41) is 0. The van der Waals surface area contributed by atoms with Gasteiger partial charge in [-0.25, -0.2) is 0 Å². The van der Waals surface area contributed by atoms with Crippen LogP contribution in [-0.4, -0.2) is 30.6 Å². The van der Waals surface area contributed by atoms with Crippen LogP contribution in [0.3, 0.4) is 0 Å². The third-order valence-corrected chi connectivity index (χ3v) is 2.59. The Labute approximate surface area is 69.8 Å². The van der Waals surface area contributed by atoms with Crippen LogP contribution in [0.2, 0.25) is 0 Å². The van der Waals surface area contributed by atoms with Gasteiger partial charge in [-0.1, -0.05) is 0 Å². The van der Waals surface area contributed by atoms with E-state index in [2.05, 4.69) is 11.8 Å². The van der Waals surface area contributed by atoms with Crippen molar-refractivity contribution in [2.24, 2.45) is 5.73 Å². The zero-order chi connectivity index (χ0) is 8.10. The molecule has 0 aliphatic carbocycles. The van der Waals surface area contributed by atoms with Gasteiger partial charge >= 0.3 is 0 Å². The van der Waals surface area contributed by atoms with E-state index < -0.39 is 0 Å². The van der Waals surface area contributed by atoms with Gasteiger partial charge in [0, 0.05) is 6.04 Å². The monoisotopic (exact) mass is 156 g/mol. The Morgan fingerprint density at radius 2 is 2.00 bits per heavy atom. The van der Waals surface area contributed by atoms with Crippen molar-refractivity contribution in [3.63, 3.8) is 0 Å². The molecule has 0 bridgehead atoms. The van der Waals surface area contributed by atoms with Crippen molar-refractivity contribution in [2.75, 3.05) is 19.6 Å². The molecular formula is C9H20N2. The molecule has 1 aliphatic rings. The molecule has 1 heterocycles. The van der Waals surface area contributed by atoms with Crippen LogP contribution >= 0.6 is 0 Å². The van der Waals surface area contributed by atoms with E-state index in [0.29, 0.717) is 0 Å². The Morgan fingerprint density at radius 3 is 2.55 bits per heavy atom. The Kier molecular flexibility index (Phi) is 3.87. The Hall–Kier alpha value is -0.0800. The first-order chi connectivity index (χ1) is 5.34. The first-order valence-electron chi connectivity index (χ1n) is 4.78. The van der Waals surface area contributed by atoms with Gasteiger partial charge in [0.2, 0.25) is 0 Å². The highest BCUT2D eigenvalue weighted by Crippen LogP contribution is 2.14. The topological polar surface area (TPSA) is 29.3 Å². The molecule has 0 radical (unpaired) electrons. The third kappa shape index (κ3) is 2.80. The maximum Gasteiger partial charge on any atom is 0.00673 e. The molecule has 0 saturated carbocycles. The zero-order valence-electron chi connectivity index (χ0n) is 7.55. The molecule has 66 valence electrons. The lowest BCUT2D eigenvalue weighted by Crippen LogP contribution is -2.30. The summed E-state index contributed by atoms with van der Waals surface area (Å²) in [4.78, 5) is 2.58. The van der Waals surface area contributed by atoms with E-state index in [4.69, 9.17) is 5.73 Å². The van der Waals surface area contributed by atoms with E-state index in [1.165, 1.54) is 38.8 Å². The summed E-state index contributed by atoms with van der Waals surface area (Å²) in [6, 6.07) is 0.765. The van der Waals surface area contributed by atoms with Crippen LogP contribution in [0.5, 0.6) is 0 Å². The molecule has 2 heteroatoms. The first-order valence-corrected chi connectivity index (χ1v) is 4.78. The minimum atomic E-state index is 0.765. The van der Waals surface area contributed by atoms with Crippen molar-refractivity contribution < 1.29 is 0 Å². The van der Waals surface area contributed by atoms with Crippen LogP contribution in [0.1, 0.15) is 32.6 Å². The molecule has 0 unspecified atom stereocenters. The van der Waals surface area contributed by atoms with Crippen molar-refractivity contribution in [3.05, 3.63) is 0 Å². The van der Waals surface area contributed by atoms with Crippen LogP contribution in [-0.2, 0) is 0 Å². The van der Waals surface area contributed by atoms with Crippen molar-refractivity contribution >= 4 is 0 Å². The lowest BCUT2D eigenvalue weighted by molar-refractivity contribution is 0.244. The molecule has 1 saturated heterocycles. The van der Waals surface area contributed by atoms with E-state index in [9.17, 15) is 0 Å². The van der Waals surface area contributed by atoms with Gasteiger partial charge in [-0.3, -0.25) is 0 Å². The highest BCUT2D eigenvalue weighted by molar-refractivity contribution is 4.72. The molecule has 0 aromatic rings. The number of hydrogen-bond donors (Lipinski definition) is 1. The fourth-order valence-electron chi connectivity index (χ4n) is 1.78. The van der Waals surface area contributed by atoms with E-state index in [1.807, 2.05) is 0 Å². The van der Waals surface area contributed by atoms with Gasteiger partial charge in [0.15, 0.2) is 0 Å². The zero-order valence-corrected chi connectivity index (χ0v) is 7.55. The second-order valence-electron chi connectivity index (χ2n) is 3.52. The molecule has 1 fully saturated rings. The fraction of sp³-hybridized carbons (Fsp3) is 1.00. The quantitative estimate of drug-likeness (QED) is 0.663. The summed E-state index contributed by atoms with van der Waals surface area (Å²) in [7, 11) is 0. The number of hydrogen-bond acceptors (Lipinski definition) is 2. The number of rotatable bonds is 4. The summed E-state index contributed by atoms with van der Waals surface area (Å²) in [5.74, 6) is 0. The van der Waals surface area contributed by atoms with Gasteiger partial charge in [0.05, 0.1) is 0 Å². The molecule has 0 aromatic carbocycles.